The van der Waals surface area contributed by atoms with E-state index in [0.29, 0.717) is 6.61 Å². The Labute approximate surface area is 130 Å². The molecule has 0 amide bonds. The van der Waals surface area contributed by atoms with Gasteiger partial charge in [-0.3, -0.25) is 0 Å². The van der Waals surface area contributed by atoms with Crippen molar-refractivity contribution < 1.29 is 4.74 Å². The van der Waals surface area contributed by atoms with Crippen LogP contribution in [-0.2, 0) is 6.54 Å². The fourth-order valence-corrected chi connectivity index (χ4v) is 2.58. The lowest BCUT2D eigenvalue weighted by Crippen LogP contribution is -2.22. The molecule has 3 rings (SSSR count). The smallest absolute Gasteiger partial charge is 0.126 e. The van der Waals surface area contributed by atoms with Crippen LogP contribution in [0.1, 0.15) is 19.7 Å². The van der Waals surface area contributed by atoms with E-state index >= 15 is 0 Å². The van der Waals surface area contributed by atoms with Crippen molar-refractivity contribution in [2.45, 2.75) is 20.4 Å². The fraction of sp³-hybridized carbons (Fsp3) is 0.278. The second-order valence-electron chi connectivity index (χ2n) is 5.15. The average molecular weight is 295 g/mol. The molecule has 0 aliphatic carbocycles. The Morgan fingerprint density at radius 1 is 1.09 bits per heavy atom. The summed E-state index contributed by atoms with van der Waals surface area (Å²) in [5.41, 5.74) is 3.20. The number of fused-ring (bicyclic) bond motifs is 1. The van der Waals surface area contributed by atoms with Gasteiger partial charge in [-0.2, -0.15) is 0 Å². The molecule has 0 unspecified atom stereocenters. The van der Waals surface area contributed by atoms with E-state index in [0.717, 1.165) is 35.7 Å². The maximum atomic E-state index is 5.54. The van der Waals surface area contributed by atoms with E-state index in [1.807, 2.05) is 31.2 Å². The van der Waals surface area contributed by atoms with Gasteiger partial charge in [0.05, 0.1) is 24.2 Å². The van der Waals surface area contributed by atoms with Crippen LogP contribution in [0.4, 0.5) is 5.69 Å². The summed E-state index contributed by atoms with van der Waals surface area (Å²) < 4.78 is 5.54. The third-order valence-electron chi connectivity index (χ3n) is 3.66. The van der Waals surface area contributed by atoms with Crippen molar-refractivity contribution in [3.8, 4) is 5.75 Å². The molecule has 0 radical (unpaired) electrons. The number of anilines is 1. The number of imidazole rings is 1. The summed E-state index contributed by atoms with van der Waals surface area (Å²) >= 11 is 0. The number of aromatic amines is 1. The molecule has 1 aromatic heterocycles. The van der Waals surface area contributed by atoms with Crippen molar-refractivity contribution in [3.05, 3.63) is 54.4 Å². The number of hydrogen-bond donors (Lipinski definition) is 1. The van der Waals surface area contributed by atoms with Crippen molar-refractivity contribution in [1.82, 2.24) is 9.97 Å². The summed E-state index contributed by atoms with van der Waals surface area (Å²) in [5.74, 6) is 1.84. The number of H-pyrrole nitrogens is 1. The Hall–Kier alpha value is -2.49. The molecule has 0 aliphatic heterocycles. The SMILES string of the molecule is CCOc1ccc2nc(CN(CC)c3ccccc3)[nH]c2c1. The van der Waals surface area contributed by atoms with Gasteiger partial charge in [-0.25, -0.2) is 4.98 Å². The first kappa shape index (κ1) is 14.4. The molecule has 0 aliphatic rings. The van der Waals surface area contributed by atoms with Gasteiger partial charge in [-0.1, -0.05) is 18.2 Å². The van der Waals surface area contributed by atoms with Crippen LogP contribution in [0.2, 0.25) is 0 Å². The van der Waals surface area contributed by atoms with Gasteiger partial charge >= 0.3 is 0 Å². The molecule has 2 aromatic carbocycles. The average Bonchev–Trinajstić information content (AvgIpc) is 2.95. The summed E-state index contributed by atoms with van der Waals surface area (Å²) in [5, 5.41) is 0. The Kier molecular flexibility index (Phi) is 4.28. The maximum Gasteiger partial charge on any atom is 0.126 e. The summed E-state index contributed by atoms with van der Waals surface area (Å²) in [6.07, 6.45) is 0. The lowest BCUT2D eigenvalue weighted by molar-refractivity contribution is 0.340. The Morgan fingerprint density at radius 2 is 1.91 bits per heavy atom. The molecule has 3 aromatic rings. The van der Waals surface area contributed by atoms with E-state index in [4.69, 9.17) is 4.74 Å². The molecule has 114 valence electrons. The molecule has 0 atom stereocenters. The van der Waals surface area contributed by atoms with Gasteiger partial charge < -0.3 is 14.6 Å². The molecule has 4 nitrogen and oxygen atoms in total. The zero-order chi connectivity index (χ0) is 15.4. The van der Waals surface area contributed by atoms with Crippen molar-refractivity contribution in [2.75, 3.05) is 18.1 Å². The topological polar surface area (TPSA) is 41.1 Å². The highest BCUT2D eigenvalue weighted by Gasteiger charge is 2.09. The Morgan fingerprint density at radius 3 is 2.64 bits per heavy atom. The summed E-state index contributed by atoms with van der Waals surface area (Å²) in [4.78, 5) is 10.4. The molecule has 0 saturated heterocycles. The number of rotatable bonds is 6. The summed E-state index contributed by atoms with van der Waals surface area (Å²) in [6, 6.07) is 16.4. The quantitative estimate of drug-likeness (QED) is 0.747. The zero-order valence-electron chi connectivity index (χ0n) is 13.0. The molecule has 0 fully saturated rings. The lowest BCUT2D eigenvalue weighted by Gasteiger charge is -2.21. The molecular weight excluding hydrogens is 274 g/mol. The minimum atomic E-state index is 0.671. The van der Waals surface area contributed by atoms with E-state index in [-0.39, 0.29) is 0 Å². The van der Waals surface area contributed by atoms with Gasteiger partial charge in [0.1, 0.15) is 11.6 Å². The number of benzene rings is 2. The molecule has 0 spiro atoms. The van der Waals surface area contributed by atoms with E-state index < -0.39 is 0 Å². The predicted octanol–water partition coefficient (Wildman–Crippen LogP) is 3.99. The molecular formula is C18H21N3O. The van der Waals surface area contributed by atoms with Gasteiger partial charge in [0.15, 0.2) is 0 Å². The number of nitrogens with zero attached hydrogens (tertiary/aromatic N) is 2. The minimum absolute atomic E-state index is 0.671. The van der Waals surface area contributed by atoms with Crippen LogP contribution < -0.4 is 9.64 Å². The highest BCUT2D eigenvalue weighted by molar-refractivity contribution is 5.76. The van der Waals surface area contributed by atoms with Gasteiger partial charge in [-0.15, -0.1) is 0 Å². The second-order valence-corrected chi connectivity index (χ2v) is 5.15. The first-order valence-electron chi connectivity index (χ1n) is 7.71. The Bertz CT molecular complexity index is 736. The zero-order valence-corrected chi connectivity index (χ0v) is 13.0. The van der Waals surface area contributed by atoms with Gasteiger partial charge in [0.25, 0.3) is 0 Å². The number of aromatic nitrogens is 2. The molecule has 22 heavy (non-hydrogen) atoms. The molecule has 1 N–H and O–H groups in total. The Balaban J connectivity index is 1.83. The lowest BCUT2D eigenvalue weighted by atomic mass is 10.3. The second kappa shape index (κ2) is 6.52. The number of ether oxygens (including phenoxy) is 1. The monoisotopic (exact) mass is 295 g/mol. The van der Waals surface area contributed by atoms with E-state index in [1.165, 1.54) is 5.69 Å². The van der Waals surface area contributed by atoms with Gasteiger partial charge in [-0.05, 0) is 38.1 Å². The number of para-hydroxylation sites is 1. The van der Waals surface area contributed by atoms with Crippen LogP contribution in [0.3, 0.4) is 0 Å². The van der Waals surface area contributed by atoms with Crippen LogP contribution in [0.15, 0.2) is 48.5 Å². The molecule has 1 heterocycles. The largest absolute Gasteiger partial charge is 0.494 e. The first-order chi connectivity index (χ1) is 10.8. The van der Waals surface area contributed by atoms with Crippen molar-refractivity contribution >= 4 is 16.7 Å². The minimum Gasteiger partial charge on any atom is -0.494 e. The van der Waals surface area contributed by atoms with E-state index in [9.17, 15) is 0 Å². The number of hydrogen-bond acceptors (Lipinski definition) is 3. The molecule has 0 bridgehead atoms. The van der Waals surface area contributed by atoms with E-state index in [2.05, 4.69) is 46.1 Å². The van der Waals surface area contributed by atoms with Crippen LogP contribution >= 0.6 is 0 Å². The standard InChI is InChI=1S/C18H21N3O/c1-3-21(14-8-6-5-7-9-14)13-18-19-16-11-10-15(22-4-2)12-17(16)20-18/h5-12H,3-4,13H2,1-2H3,(H,19,20). The van der Waals surface area contributed by atoms with Crippen molar-refractivity contribution in [1.29, 1.82) is 0 Å². The van der Waals surface area contributed by atoms with Crippen molar-refractivity contribution in [3.63, 3.8) is 0 Å². The van der Waals surface area contributed by atoms with Crippen LogP contribution in [0, 0.1) is 0 Å². The molecule has 0 saturated carbocycles. The first-order valence-corrected chi connectivity index (χ1v) is 7.71. The van der Waals surface area contributed by atoms with E-state index in [1.54, 1.807) is 0 Å². The maximum absolute atomic E-state index is 5.54. The normalized spacial score (nSPS) is 10.8. The third kappa shape index (κ3) is 3.06. The van der Waals surface area contributed by atoms with Crippen LogP contribution in [0.5, 0.6) is 5.75 Å². The highest BCUT2D eigenvalue weighted by atomic mass is 16.5. The third-order valence-corrected chi connectivity index (χ3v) is 3.66. The number of nitrogens with one attached hydrogen (secondary N) is 1. The highest BCUT2D eigenvalue weighted by Crippen LogP contribution is 2.21. The molecule has 4 heteroatoms. The van der Waals surface area contributed by atoms with Crippen LogP contribution in [0.25, 0.3) is 11.0 Å². The van der Waals surface area contributed by atoms with Gasteiger partial charge in [0, 0.05) is 18.3 Å². The predicted molar refractivity (Wildman–Crippen MR) is 90.4 cm³/mol. The summed E-state index contributed by atoms with van der Waals surface area (Å²) in [7, 11) is 0. The summed E-state index contributed by atoms with van der Waals surface area (Å²) in [6.45, 7) is 6.51. The van der Waals surface area contributed by atoms with Gasteiger partial charge in [0.2, 0.25) is 0 Å². The van der Waals surface area contributed by atoms with Crippen LogP contribution in [-0.4, -0.2) is 23.1 Å². The van der Waals surface area contributed by atoms with Crippen molar-refractivity contribution in [2.24, 2.45) is 0 Å². The fourth-order valence-electron chi connectivity index (χ4n) is 2.58.